The Labute approximate surface area is 100 Å². The summed E-state index contributed by atoms with van der Waals surface area (Å²) in [6.07, 6.45) is 4.71. The highest BCUT2D eigenvalue weighted by molar-refractivity contribution is 9.10. The summed E-state index contributed by atoms with van der Waals surface area (Å²) in [5, 5.41) is 7.22. The first-order valence-electron chi connectivity index (χ1n) is 4.45. The number of nitrogens with one attached hydrogen (secondary N) is 1. The number of aromatic nitrogens is 3. The van der Waals surface area contributed by atoms with Crippen molar-refractivity contribution in [3.63, 3.8) is 0 Å². The number of halogens is 1. The van der Waals surface area contributed by atoms with E-state index < -0.39 is 0 Å². The zero-order chi connectivity index (χ0) is 11.5. The Morgan fingerprint density at radius 3 is 2.31 bits per heavy atom. The molecule has 0 saturated carbocycles. The Morgan fingerprint density at radius 2 is 1.81 bits per heavy atom. The van der Waals surface area contributed by atoms with Crippen LogP contribution < -0.4 is 5.73 Å². The average molecular weight is 278 g/mol. The average Bonchev–Trinajstić information content (AvgIpc) is 2.30. The summed E-state index contributed by atoms with van der Waals surface area (Å²) in [5.41, 5.74) is 6.63. The van der Waals surface area contributed by atoms with Crippen LogP contribution in [0.25, 0.3) is 11.4 Å². The normalized spacial score (nSPS) is 10.1. The van der Waals surface area contributed by atoms with E-state index in [0.717, 1.165) is 10.2 Å². The molecular weight excluding hydrogens is 270 g/mol. The molecule has 0 spiro atoms. The third-order valence-corrected chi connectivity index (χ3v) is 2.42. The van der Waals surface area contributed by atoms with Gasteiger partial charge in [0.15, 0.2) is 5.82 Å². The summed E-state index contributed by atoms with van der Waals surface area (Å²) in [4.78, 5) is 12.3. The van der Waals surface area contributed by atoms with Crippen LogP contribution in [-0.4, -0.2) is 20.8 Å². The molecule has 0 aliphatic carbocycles. The zero-order valence-electron chi connectivity index (χ0n) is 8.18. The van der Waals surface area contributed by atoms with E-state index in [2.05, 4.69) is 30.9 Å². The van der Waals surface area contributed by atoms with Gasteiger partial charge in [-0.05, 0) is 28.1 Å². The lowest BCUT2D eigenvalue weighted by Crippen LogP contribution is -2.11. The van der Waals surface area contributed by atoms with Gasteiger partial charge in [-0.2, -0.15) is 0 Å². The van der Waals surface area contributed by atoms with Gasteiger partial charge in [-0.25, -0.2) is 15.0 Å². The number of hydrogen-bond donors (Lipinski definition) is 2. The standard InChI is InChI=1S/C10H8BrN5/c11-8-2-1-6(3-14-8)10-15-4-7(5-16-10)9(12)13/h1-5H,(H3,12,13). The number of amidine groups is 1. The maximum Gasteiger partial charge on any atom is 0.160 e. The third kappa shape index (κ3) is 2.22. The van der Waals surface area contributed by atoms with Crippen LogP contribution in [0.2, 0.25) is 0 Å². The molecule has 0 fully saturated rings. The van der Waals surface area contributed by atoms with Gasteiger partial charge in [-0.15, -0.1) is 0 Å². The van der Waals surface area contributed by atoms with Crippen LogP contribution in [0.4, 0.5) is 0 Å². The van der Waals surface area contributed by atoms with Gasteiger partial charge in [-0.1, -0.05) is 0 Å². The lowest BCUT2D eigenvalue weighted by Gasteiger charge is -2.01. The lowest BCUT2D eigenvalue weighted by molar-refractivity contribution is 1.14. The second kappa shape index (κ2) is 4.36. The minimum Gasteiger partial charge on any atom is -0.384 e. The molecule has 0 aliphatic rings. The molecule has 2 aromatic rings. The van der Waals surface area contributed by atoms with Crippen LogP contribution in [-0.2, 0) is 0 Å². The van der Waals surface area contributed by atoms with Crippen molar-refractivity contribution in [2.75, 3.05) is 0 Å². The molecule has 80 valence electrons. The van der Waals surface area contributed by atoms with Crippen molar-refractivity contribution < 1.29 is 0 Å². The Balaban J connectivity index is 2.34. The summed E-state index contributed by atoms with van der Waals surface area (Å²) in [6.45, 7) is 0. The maximum atomic E-state index is 7.22. The molecule has 0 saturated heterocycles. The molecule has 0 aliphatic heterocycles. The van der Waals surface area contributed by atoms with Crippen LogP contribution in [0.5, 0.6) is 0 Å². The minimum atomic E-state index is -0.0412. The number of pyridine rings is 1. The van der Waals surface area contributed by atoms with Crippen LogP contribution in [0, 0.1) is 5.41 Å². The largest absolute Gasteiger partial charge is 0.384 e. The van der Waals surface area contributed by atoms with Crippen LogP contribution in [0.1, 0.15) is 5.56 Å². The van der Waals surface area contributed by atoms with Gasteiger partial charge < -0.3 is 5.73 Å². The summed E-state index contributed by atoms with van der Waals surface area (Å²) in [6, 6.07) is 3.68. The number of hydrogen-bond acceptors (Lipinski definition) is 4. The smallest absolute Gasteiger partial charge is 0.160 e. The SMILES string of the molecule is N=C(N)c1cnc(-c2ccc(Br)nc2)nc1. The Kier molecular flexibility index (Phi) is 2.91. The molecular formula is C10H8BrN5. The highest BCUT2D eigenvalue weighted by Gasteiger charge is 2.03. The van der Waals surface area contributed by atoms with E-state index in [4.69, 9.17) is 11.1 Å². The molecule has 0 amide bonds. The Morgan fingerprint density at radius 1 is 1.12 bits per heavy atom. The molecule has 5 nitrogen and oxygen atoms in total. The fraction of sp³-hybridized carbons (Fsp3) is 0. The van der Waals surface area contributed by atoms with Gasteiger partial charge in [-0.3, -0.25) is 5.41 Å². The fourth-order valence-electron chi connectivity index (χ4n) is 1.12. The molecule has 2 rings (SSSR count). The van der Waals surface area contributed by atoms with Crippen LogP contribution in [0.3, 0.4) is 0 Å². The summed E-state index contributed by atoms with van der Waals surface area (Å²) in [7, 11) is 0. The Hall–Kier alpha value is -1.82. The molecule has 0 bridgehead atoms. The number of rotatable bonds is 2. The first-order chi connectivity index (χ1) is 7.66. The van der Waals surface area contributed by atoms with Crippen molar-refractivity contribution in [3.05, 3.63) is 40.9 Å². The molecule has 2 heterocycles. The maximum absolute atomic E-state index is 7.22. The van der Waals surface area contributed by atoms with Crippen molar-refractivity contribution in [2.24, 2.45) is 5.73 Å². The molecule has 0 aromatic carbocycles. The molecule has 2 aromatic heterocycles. The monoisotopic (exact) mass is 277 g/mol. The topological polar surface area (TPSA) is 88.5 Å². The lowest BCUT2D eigenvalue weighted by atomic mass is 10.2. The van der Waals surface area contributed by atoms with Crippen molar-refractivity contribution in [1.29, 1.82) is 5.41 Å². The molecule has 0 unspecified atom stereocenters. The van der Waals surface area contributed by atoms with Gasteiger partial charge in [0.2, 0.25) is 0 Å². The van der Waals surface area contributed by atoms with Crippen molar-refractivity contribution >= 4 is 21.8 Å². The number of nitrogens with two attached hydrogens (primary N) is 1. The van der Waals surface area contributed by atoms with Crippen molar-refractivity contribution in [3.8, 4) is 11.4 Å². The van der Waals surface area contributed by atoms with E-state index in [1.807, 2.05) is 12.1 Å². The molecule has 16 heavy (non-hydrogen) atoms. The molecule has 0 atom stereocenters. The minimum absolute atomic E-state index is 0.0412. The summed E-state index contributed by atoms with van der Waals surface area (Å²) < 4.78 is 0.761. The summed E-state index contributed by atoms with van der Waals surface area (Å²) >= 11 is 3.25. The zero-order valence-corrected chi connectivity index (χ0v) is 9.77. The molecule has 3 N–H and O–H groups in total. The van der Waals surface area contributed by atoms with Gasteiger partial charge in [0.25, 0.3) is 0 Å². The Bertz CT molecular complexity index is 506. The number of nitrogens with zero attached hydrogens (tertiary/aromatic N) is 3. The third-order valence-electron chi connectivity index (χ3n) is 1.95. The van der Waals surface area contributed by atoms with E-state index in [9.17, 15) is 0 Å². The van der Waals surface area contributed by atoms with Gasteiger partial charge >= 0.3 is 0 Å². The van der Waals surface area contributed by atoms with Crippen LogP contribution >= 0.6 is 15.9 Å². The second-order valence-corrected chi connectivity index (χ2v) is 3.89. The van der Waals surface area contributed by atoms with E-state index in [1.54, 1.807) is 6.20 Å². The van der Waals surface area contributed by atoms with Crippen LogP contribution in [0.15, 0.2) is 35.3 Å². The molecule has 0 radical (unpaired) electrons. The fourth-order valence-corrected chi connectivity index (χ4v) is 1.36. The predicted molar refractivity (Wildman–Crippen MR) is 64.0 cm³/mol. The van der Waals surface area contributed by atoms with Gasteiger partial charge in [0, 0.05) is 24.2 Å². The highest BCUT2D eigenvalue weighted by Crippen LogP contribution is 2.15. The van der Waals surface area contributed by atoms with E-state index >= 15 is 0 Å². The van der Waals surface area contributed by atoms with Crippen molar-refractivity contribution in [2.45, 2.75) is 0 Å². The summed E-state index contributed by atoms with van der Waals surface area (Å²) in [5.74, 6) is 0.519. The number of nitrogen functional groups attached to an aromatic ring is 1. The highest BCUT2D eigenvalue weighted by atomic mass is 79.9. The van der Waals surface area contributed by atoms with E-state index in [0.29, 0.717) is 11.4 Å². The second-order valence-electron chi connectivity index (χ2n) is 3.08. The first-order valence-corrected chi connectivity index (χ1v) is 5.24. The predicted octanol–water partition coefficient (Wildman–Crippen LogP) is 1.59. The van der Waals surface area contributed by atoms with E-state index in [-0.39, 0.29) is 5.84 Å². The van der Waals surface area contributed by atoms with Gasteiger partial charge in [0.05, 0.1) is 5.56 Å². The van der Waals surface area contributed by atoms with Crippen molar-refractivity contribution in [1.82, 2.24) is 15.0 Å². The first kappa shape index (κ1) is 10.7. The quantitative estimate of drug-likeness (QED) is 0.496. The molecule has 6 heteroatoms. The van der Waals surface area contributed by atoms with E-state index in [1.165, 1.54) is 12.4 Å². The van der Waals surface area contributed by atoms with Gasteiger partial charge in [0.1, 0.15) is 10.4 Å².